The van der Waals surface area contributed by atoms with Crippen LogP contribution in [0.5, 0.6) is 0 Å². The van der Waals surface area contributed by atoms with Gasteiger partial charge >= 0.3 is 0 Å². The minimum Gasteiger partial charge on any atom is -0.325 e. The molecule has 0 amide bonds. The molecular formula is C17H25N5. The fourth-order valence-electron chi connectivity index (χ4n) is 1.93. The number of rotatable bonds is 7. The zero-order valence-corrected chi connectivity index (χ0v) is 13.6. The Balaban J connectivity index is 2.42. The molecule has 1 unspecified atom stereocenters. The molecule has 0 aliphatic rings. The standard InChI is InChI=1S/C17H25N5/c1-14(2)5-4-6-15(3)7-12-20-17(21-13-18)22-16-8-10-19-11-9-16/h5,8-11,15H,4,6-7,12H2,1-3H3,(H2,19,20,21,22). The minimum absolute atomic E-state index is 0.477. The lowest BCUT2D eigenvalue weighted by atomic mass is 10.0. The van der Waals surface area contributed by atoms with Crippen molar-refractivity contribution in [3.05, 3.63) is 36.2 Å². The highest BCUT2D eigenvalue weighted by Crippen LogP contribution is 2.12. The molecule has 1 aromatic rings. The van der Waals surface area contributed by atoms with Crippen LogP contribution in [-0.2, 0) is 0 Å². The molecule has 1 atom stereocenters. The molecule has 0 fully saturated rings. The van der Waals surface area contributed by atoms with Crippen molar-refractivity contribution in [2.45, 2.75) is 40.0 Å². The Labute approximate surface area is 133 Å². The molecule has 5 nitrogen and oxygen atoms in total. The van der Waals surface area contributed by atoms with Gasteiger partial charge in [-0.2, -0.15) is 5.26 Å². The average molecular weight is 299 g/mol. The van der Waals surface area contributed by atoms with Crippen molar-refractivity contribution in [2.75, 3.05) is 11.9 Å². The number of pyridine rings is 1. The number of anilines is 1. The van der Waals surface area contributed by atoms with E-state index in [2.05, 4.69) is 47.5 Å². The third-order valence-electron chi connectivity index (χ3n) is 3.22. The molecule has 1 aromatic heterocycles. The van der Waals surface area contributed by atoms with Crippen molar-refractivity contribution in [1.29, 1.82) is 5.26 Å². The summed E-state index contributed by atoms with van der Waals surface area (Å²) in [6.07, 6.45) is 10.8. The molecule has 1 heterocycles. The second kappa shape index (κ2) is 10.4. The molecule has 1 rings (SSSR count). The van der Waals surface area contributed by atoms with Crippen LogP contribution in [0.1, 0.15) is 40.0 Å². The highest BCUT2D eigenvalue weighted by molar-refractivity contribution is 5.94. The van der Waals surface area contributed by atoms with Gasteiger partial charge in [0.15, 0.2) is 6.19 Å². The second-order valence-electron chi connectivity index (χ2n) is 5.58. The number of nitrogens with zero attached hydrogens (tertiary/aromatic N) is 3. The molecule has 0 bridgehead atoms. The molecule has 0 aliphatic carbocycles. The normalized spacial score (nSPS) is 12.2. The van der Waals surface area contributed by atoms with Gasteiger partial charge in [-0.05, 0) is 51.2 Å². The Morgan fingerprint density at radius 3 is 2.73 bits per heavy atom. The zero-order valence-electron chi connectivity index (χ0n) is 13.6. The lowest BCUT2D eigenvalue weighted by molar-refractivity contribution is 0.504. The first-order valence-electron chi connectivity index (χ1n) is 7.61. The minimum atomic E-state index is 0.477. The van der Waals surface area contributed by atoms with Crippen molar-refractivity contribution in [1.82, 2.24) is 10.3 Å². The summed E-state index contributed by atoms with van der Waals surface area (Å²) >= 11 is 0. The van der Waals surface area contributed by atoms with E-state index in [0.717, 1.165) is 18.5 Å². The van der Waals surface area contributed by atoms with Crippen molar-refractivity contribution in [3.63, 3.8) is 0 Å². The van der Waals surface area contributed by atoms with E-state index in [-0.39, 0.29) is 0 Å². The number of aliphatic imine (C=N–C) groups is 1. The van der Waals surface area contributed by atoms with Crippen LogP contribution in [0.3, 0.4) is 0 Å². The monoisotopic (exact) mass is 299 g/mol. The summed E-state index contributed by atoms with van der Waals surface area (Å²) < 4.78 is 0. The third kappa shape index (κ3) is 8.05. The van der Waals surface area contributed by atoms with Gasteiger partial charge in [0.25, 0.3) is 0 Å². The summed E-state index contributed by atoms with van der Waals surface area (Å²) in [6.45, 7) is 7.18. The average Bonchev–Trinajstić information content (AvgIpc) is 2.48. The number of allylic oxidation sites excluding steroid dienone is 2. The molecule has 22 heavy (non-hydrogen) atoms. The van der Waals surface area contributed by atoms with E-state index in [1.807, 2.05) is 18.3 Å². The fraction of sp³-hybridized carbons (Fsp3) is 0.471. The number of hydrogen-bond acceptors (Lipinski definition) is 3. The first-order chi connectivity index (χ1) is 10.6. The van der Waals surface area contributed by atoms with E-state index in [4.69, 9.17) is 5.26 Å². The largest absolute Gasteiger partial charge is 0.325 e. The van der Waals surface area contributed by atoms with E-state index in [1.54, 1.807) is 12.4 Å². The summed E-state index contributed by atoms with van der Waals surface area (Å²) in [5.41, 5.74) is 2.22. The Morgan fingerprint density at radius 2 is 2.09 bits per heavy atom. The Hall–Kier alpha value is -2.35. The van der Waals surface area contributed by atoms with Gasteiger partial charge in [-0.25, -0.2) is 0 Å². The summed E-state index contributed by atoms with van der Waals surface area (Å²) in [5, 5.41) is 14.4. The van der Waals surface area contributed by atoms with E-state index < -0.39 is 0 Å². The van der Waals surface area contributed by atoms with Crippen molar-refractivity contribution in [3.8, 4) is 6.19 Å². The molecule has 0 radical (unpaired) electrons. The third-order valence-corrected chi connectivity index (χ3v) is 3.22. The van der Waals surface area contributed by atoms with E-state index in [0.29, 0.717) is 18.4 Å². The van der Waals surface area contributed by atoms with E-state index in [9.17, 15) is 0 Å². The fourth-order valence-corrected chi connectivity index (χ4v) is 1.93. The first kappa shape index (κ1) is 17.7. The van der Waals surface area contributed by atoms with Gasteiger partial charge < -0.3 is 5.32 Å². The second-order valence-corrected chi connectivity index (χ2v) is 5.58. The van der Waals surface area contributed by atoms with Gasteiger partial charge in [0.2, 0.25) is 5.96 Å². The van der Waals surface area contributed by atoms with E-state index >= 15 is 0 Å². The summed E-state index contributed by atoms with van der Waals surface area (Å²) in [4.78, 5) is 8.38. The van der Waals surface area contributed by atoms with Crippen molar-refractivity contribution >= 4 is 11.6 Å². The van der Waals surface area contributed by atoms with E-state index in [1.165, 1.54) is 12.0 Å². The van der Waals surface area contributed by atoms with Crippen LogP contribution in [0, 0.1) is 17.4 Å². The van der Waals surface area contributed by atoms with Gasteiger partial charge in [0, 0.05) is 24.6 Å². The number of aromatic nitrogens is 1. The summed E-state index contributed by atoms with van der Waals surface area (Å²) in [5.74, 6) is 1.09. The number of nitriles is 1. The Kier molecular flexibility index (Phi) is 8.36. The molecule has 0 spiro atoms. The lowest BCUT2D eigenvalue weighted by Crippen LogP contribution is -2.27. The topological polar surface area (TPSA) is 73.1 Å². The maximum Gasteiger partial charge on any atom is 0.209 e. The lowest BCUT2D eigenvalue weighted by Gasteiger charge is -2.10. The molecule has 0 aromatic carbocycles. The SMILES string of the molecule is CC(C)=CCCC(C)CCN=C(NC#N)Nc1ccncc1. The molecule has 118 valence electrons. The summed E-state index contributed by atoms with van der Waals surface area (Å²) in [7, 11) is 0. The predicted molar refractivity (Wildman–Crippen MR) is 91.4 cm³/mol. The molecular weight excluding hydrogens is 274 g/mol. The quantitative estimate of drug-likeness (QED) is 0.265. The number of guanidine groups is 1. The zero-order chi connectivity index (χ0) is 16.2. The van der Waals surface area contributed by atoms with Gasteiger partial charge in [0.1, 0.15) is 0 Å². The Morgan fingerprint density at radius 1 is 1.36 bits per heavy atom. The summed E-state index contributed by atoms with van der Waals surface area (Å²) in [6, 6.07) is 3.66. The van der Waals surface area contributed by atoms with Gasteiger partial charge in [-0.1, -0.05) is 18.6 Å². The van der Waals surface area contributed by atoms with Crippen LogP contribution in [0.25, 0.3) is 0 Å². The molecule has 0 saturated carbocycles. The van der Waals surface area contributed by atoms with Gasteiger partial charge in [0.05, 0.1) is 0 Å². The molecule has 5 heteroatoms. The smallest absolute Gasteiger partial charge is 0.209 e. The predicted octanol–water partition coefficient (Wildman–Crippen LogP) is 3.69. The maximum absolute atomic E-state index is 8.79. The highest BCUT2D eigenvalue weighted by Gasteiger charge is 2.02. The van der Waals surface area contributed by atoms with Gasteiger partial charge in [-0.3, -0.25) is 15.3 Å². The van der Waals surface area contributed by atoms with Crippen LogP contribution < -0.4 is 10.6 Å². The number of nitrogens with one attached hydrogen (secondary N) is 2. The van der Waals surface area contributed by atoms with Crippen LogP contribution >= 0.6 is 0 Å². The van der Waals surface area contributed by atoms with Crippen molar-refractivity contribution < 1.29 is 0 Å². The van der Waals surface area contributed by atoms with Crippen LogP contribution in [0.4, 0.5) is 5.69 Å². The molecule has 2 N–H and O–H groups in total. The van der Waals surface area contributed by atoms with Gasteiger partial charge in [-0.15, -0.1) is 0 Å². The molecule has 0 aliphatic heterocycles. The molecule has 0 saturated heterocycles. The first-order valence-corrected chi connectivity index (χ1v) is 7.61. The van der Waals surface area contributed by atoms with Crippen LogP contribution in [-0.4, -0.2) is 17.5 Å². The Bertz CT molecular complexity index is 524. The highest BCUT2D eigenvalue weighted by atomic mass is 15.2. The maximum atomic E-state index is 8.79. The van der Waals surface area contributed by atoms with Crippen molar-refractivity contribution in [2.24, 2.45) is 10.9 Å². The number of hydrogen-bond donors (Lipinski definition) is 2. The van der Waals surface area contributed by atoms with Crippen LogP contribution in [0.2, 0.25) is 0 Å². The van der Waals surface area contributed by atoms with Crippen LogP contribution in [0.15, 0.2) is 41.2 Å².